The molecule has 0 aliphatic heterocycles. The summed E-state index contributed by atoms with van der Waals surface area (Å²) >= 11 is 1.60. The molecule has 0 aromatic carbocycles. The Labute approximate surface area is 128 Å². The molecular formula is C16H21N3OS. The van der Waals surface area contributed by atoms with Gasteiger partial charge < -0.3 is 5.32 Å². The Kier molecular flexibility index (Phi) is 3.45. The SMILES string of the molecule is O=C(Cc1cn2ccsc2n1)N[C@H]1CCC[C@H](C2CC2)C1. The number of nitrogens with one attached hydrogen (secondary N) is 1. The van der Waals surface area contributed by atoms with E-state index in [0.717, 1.165) is 28.9 Å². The highest BCUT2D eigenvalue weighted by molar-refractivity contribution is 7.15. The van der Waals surface area contributed by atoms with E-state index in [1.165, 1.54) is 32.1 Å². The Morgan fingerprint density at radius 3 is 3.05 bits per heavy atom. The summed E-state index contributed by atoms with van der Waals surface area (Å²) in [5.74, 6) is 1.95. The number of aromatic nitrogens is 2. The molecule has 2 aliphatic rings. The highest BCUT2D eigenvalue weighted by Gasteiger charge is 2.35. The van der Waals surface area contributed by atoms with Crippen molar-refractivity contribution in [3.05, 3.63) is 23.5 Å². The predicted molar refractivity (Wildman–Crippen MR) is 83.4 cm³/mol. The quantitative estimate of drug-likeness (QED) is 0.943. The summed E-state index contributed by atoms with van der Waals surface area (Å²) in [6.45, 7) is 0. The minimum Gasteiger partial charge on any atom is -0.353 e. The maximum atomic E-state index is 12.2. The smallest absolute Gasteiger partial charge is 0.226 e. The average molecular weight is 303 g/mol. The first kappa shape index (κ1) is 13.3. The number of rotatable bonds is 4. The molecular weight excluding hydrogens is 282 g/mol. The lowest BCUT2D eigenvalue weighted by molar-refractivity contribution is -0.121. The molecule has 2 heterocycles. The number of carbonyl (C=O) groups excluding carboxylic acids is 1. The van der Waals surface area contributed by atoms with Gasteiger partial charge in [0.15, 0.2) is 4.96 Å². The van der Waals surface area contributed by atoms with Gasteiger partial charge in [0.25, 0.3) is 0 Å². The fourth-order valence-electron chi connectivity index (χ4n) is 3.66. The molecule has 4 nitrogen and oxygen atoms in total. The Morgan fingerprint density at radius 1 is 1.33 bits per heavy atom. The molecule has 0 bridgehead atoms. The second-order valence-electron chi connectivity index (χ2n) is 6.53. The monoisotopic (exact) mass is 303 g/mol. The van der Waals surface area contributed by atoms with E-state index in [2.05, 4.69) is 10.3 Å². The molecule has 2 aromatic heterocycles. The normalized spacial score (nSPS) is 26.1. The van der Waals surface area contributed by atoms with Gasteiger partial charge in [0.2, 0.25) is 5.91 Å². The summed E-state index contributed by atoms with van der Waals surface area (Å²) in [6.07, 6.45) is 12.1. The van der Waals surface area contributed by atoms with E-state index in [1.54, 1.807) is 11.3 Å². The van der Waals surface area contributed by atoms with Crippen molar-refractivity contribution < 1.29 is 4.79 Å². The topological polar surface area (TPSA) is 46.4 Å². The molecule has 1 amide bonds. The predicted octanol–water partition coefficient (Wildman–Crippen LogP) is 3.02. The van der Waals surface area contributed by atoms with Crippen LogP contribution in [0, 0.1) is 11.8 Å². The summed E-state index contributed by atoms with van der Waals surface area (Å²) in [5, 5.41) is 5.24. The van der Waals surface area contributed by atoms with Crippen molar-refractivity contribution in [2.75, 3.05) is 0 Å². The molecule has 112 valence electrons. The largest absolute Gasteiger partial charge is 0.353 e. The Balaban J connectivity index is 1.33. The van der Waals surface area contributed by atoms with Crippen LogP contribution in [-0.4, -0.2) is 21.3 Å². The van der Waals surface area contributed by atoms with Crippen molar-refractivity contribution in [3.8, 4) is 0 Å². The van der Waals surface area contributed by atoms with Crippen LogP contribution in [0.2, 0.25) is 0 Å². The molecule has 0 radical (unpaired) electrons. The zero-order valence-electron chi connectivity index (χ0n) is 12.1. The molecule has 2 aromatic rings. The van der Waals surface area contributed by atoms with Crippen LogP contribution in [0.3, 0.4) is 0 Å². The molecule has 2 aliphatic carbocycles. The number of hydrogen-bond acceptors (Lipinski definition) is 3. The first-order valence-electron chi connectivity index (χ1n) is 7.98. The van der Waals surface area contributed by atoms with Gasteiger partial charge in [0.05, 0.1) is 12.1 Å². The number of imidazole rings is 1. The van der Waals surface area contributed by atoms with E-state index in [1.807, 2.05) is 22.2 Å². The van der Waals surface area contributed by atoms with Crippen molar-refractivity contribution in [2.24, 2.45) is 11.8 Å². The van der Waals surface area contributed by atoms with Gasteiger partial charge in [-0.05, 0) is 37.5 Å². The van der Waals surface area contributed by atoms with Crippen molar-refractivity contribution in [2.45, 2.75) is 51.0 Å². The summed E-state index contributed by atoms with van der Waals surface area (Å²) in [4.78, 5) is 17.7. The van der Waals surface area contributed by atoms with E-state index in [-0.39, 0.29) is 5.91 Å². The number of hydrogen-bond donors (Lipinski definition) is 1. The number of nitrogens with zero attached hydrogens (tertiary/aromatic N) is 2. The molecule has 0 unspecified atom stereocenters. The van der Waals surface area contributed by atoms with Gasteiger partial charge in [-0.15, -0.1) is 11.3 Å². The van der Waals surface area contributed by atoms with Crippen molar-refractivity contribution in [1.29, 1.82) is 0 Å². The third kappa shape index (κ3) is 2.98. The Bertz CT molecular complexity index is 614. The van der Waals surface area contributed by atoms with Gasteiger partial charge in [0.1, 0.15) is 0 Å². The van der Waals surface area contributed by atoms with Gasteiger partial charge >= 0.3 is 0 Å². The van der Waals surface area contributed by atoms with Crippen molar-refractivity contribution in [3.63, 3.8) is 0 Å². The minimum atomic E-state index is 0.127. The molecule has 4 rings (SSSR count). The average Bonchev–Trinajstić information content (AvgIpc) is 3.11. The Morgan fingerprint density at radius 2 is 2.24 bits per heavy atom. The number of amides is 1. The number of fused-ring (bicyclic) bond motifs is 1. The van der Waals surface area contributed by atoms with E-state index in [0.29, 0.717) is 12.5 Å². The molecule has 21 heavy (non-hydrogen) atoms. The zero-order valence-corrected chi connectivity index (χ0v) is 12.9. The van der Waals surface area contributed by atoms with Crippen LogP contribution in [0.5, 0.6) is 0 Å². The van der Waals surface area contributed by atoms with Gasteiger partial charge in [-0.1, -0.05) is 12.8 Å². The maximum Gasteiger partial charge on any atom is 0.226 e. The number of carbonyl (C=O) groups is 1. The first-order chi connectivity index (χ1) is 10.3. The summed E-state index contributed by atoms with van der Waals surface area (Å²) < 4.78 is 1.98. The standard InChI is InChI=1S/C16H21N3OS/c20-15(9-14-10-19-6-7-21-16(19)18-14)17-13-3-1-2-12(8-13)11-4-5-11/h6-7,10-13H,1-5,8-9H2,(H,17,20)/t12-,13-/m0/s1. The maximum absolute atomic E-state index is 12.2. The van der Waals surface area contributed by atoms with Crippen LogP contribution in [-0.2, 0) is 11.2 Å². The zero-order chi connectivity index (χ0) is 14.2. The lowest BCUT2D eigenvalue weighted by Gasteiger charge is -2.29. The fraction of sp³-hybridized carbons (Fsp3) is 0.625. The van der Waals surface area contributed by atoms with Crippen LogP contribution in [0.4, 0.5) is 0 Å². The van der Waals surface area contributed by atoms with E-state index in [9.17, 15) is 4.79 Å². The molecule has 2 saturated carbocycles. The van der Waals surface area contributed by atoms with Gasteiger partial charge in [-0.2, -0.15) is 0 Å². The van der Waals surface area contributed by atoms with Crippen LogP contribution in [0.25, 0.3) is 4.96 Å². The molecule has 2 fully saturated rings. The lowest BCUT2D eigenvalue weighted by atomic mass is 9.82. The molecule has 0 saturated heterocycles. The summed E-state index contributed by atoms with van der Waals surface area (Å²) in [6, 6.07) is 0.389. The third-order valence-corrected chi connectivity index (χ3v) is 5.62. The summed E-state index contributed by atoms with van der Waals surface area (Å²) in [7, 11) is 0. The number of thiazole rings is 1. The lowest BCUT2D eigenvalue weighted by Crippen LogP contribution is -2.39. The highest BCUT2D eigenvalue weighted by atomic mass is 32.1. The highest BCUT2D eigenvalue weighted by Crippen LogP contribution is 2.43. The Hall–Kier alpha value is -1.36. The van der Waals surface area contributed by atoms with E-state index < -0.39 is 0 Å². The summed E-state index contributed by atoms with van der Waals surface area (Å²) in [5.41, 5.74) is 0.869. The van der Waals surface area contributed by atoms with E-state index in [4.69, 9.17) is 0 Å². The molecule has 2 atom stereocenters. The first-order valence-corrected chi connectivity index (χ1v) is 8.86. The van der Waals surface area contributed by atoms with Crippen LogP contribution < -0.4 is 5.32 Å². The van der Waals surface area contributed by atoms with Crippen molar-refractivity contribution >= 4 is 22.2 Å². The van der Waals surface area contributed by atoms with Gasteiger partial charge in [0, 0.05) is 23.8 Å². The third-order valence-electron chi connectivity index (χ3n) is 4.85. The van der Waals surface area contributed by atoms with Gasteiger partial charge in [-0.3, -0.25) is 9.20 Å². The second-order valence-corrected chi connectivity index (χ2v) is 7.40. The molecule has 5 heteroatoms. The van der Waals surface area contributed by atoms with E-state index >= 15 is 0 Å². The van der Waals surface area contributed by atoms with Crippen LogP contribution >= 0.6 is 11.3 Å². The second kappa shape index (κ2) is 5.44. The molecule has 0 spiro atoms. The van der Waals surface area contributed by atoms with Crippen molar-refractivity contribution in [1.82, 2.24) is 14.7 Å². The van der Waals surface area contributed by atoms with Crippen LogP contribution in [0.15, 0.2) is 17.8 Å². The minimum absolute atomic E-state index is 0.127. The van der Waals surface area contributed by atoms with Crippen LogP contribution in [0.1, 0.15) is 44.2 Å². The fourth-order valence-corrected chi connectivity index (χ4v) is 4.38. The van der Waals surface area contributed by atoms with Gasteiger partial charge in [-0.25, -0.2) is 4.98 Å². The molecule has 1 N–H and O–H groups in total.